The van der Waals surface area contributed by atoms with E-state index in [9.17, 15) is 9.59 Å². The highest BCUT2D eigenvalue weighted by atomic mass is 16.4. The number of rotatable bonds is 8. The monoisotopic (exact) mass is 263 g/mol. The minimum atomic E-state index is -0.993. The van der Waals surface area contributed by atoms with E-state index in [0.29, 0.717) is 12.8 Å². The Kier molecular flexibility index (Phi) is 6.64. The van der Waals surface area contributed by atoms with Gasteiger partial charge in [0, 0.05) is 12.8 Å². The van der Waals surface area contributed by atoms with Crippen molar-refractivity contribution in [1.82, 2.24) is 5.32 Å². The lowest BCUT2D eigenvalue weighted by atomic mass is 10.1. The van der Waals surface area contributed by atoms with Crippen molar-refractivity contribution in [2.24, 2.45) is 0 Å². The maximum absolute atomic E-state index is 11.6. The molecule has 1 rings (SSSR count). The lowest BCUT2D eigenvalue weighted by Crippen LogP contribution is -2.42. The SMILES string of the molecule is CCCCCC(=O)NC(Cc1ccccc1)C(=O)O. The van der Waals surface area contributed by atoms with E-state index in [1.165, 1.54) is 0 Å². The number of carbonyl (C=O) groups is 2. The van der Waals surface area contributed by atoms with Gasteiger partial charge in [0.15, 0.2) is 0 Å². The lowest BCUT2D eigenvalue weighted by Gasteiger charge is -2.14. The highest BCUT2D eigenvalue weighted by Crippen LogP contribution is 2.05. The number of hydrogen-bond donors (Lipinski definition) is 2. The van der Waals surface area contributed by atoms with Gasteiger partial charge in [-0.25, -0.2) is 4.79 Å². The molecule has 0 saturated heterocycles. The summed E-state index contributed by atoms with van der Waals surface area (Å²) >= 11 is 0. The Morgan fingerprint density at radius 1 is 1.21 bits per heavy atom. The molecule has 0 radical (unpaired) electrons. The number of nitrogens with one attached hydrogen (secondary N) is 1. The molecule has 1 amide bonds. The summed E-state index contributed by atoms with van der Waals surface area (Å²) in [5, 5.41) is 11.7. The third-order valence-electron chi connectivity index (χ3n) is 2.92. The van der Waals surface area contributed by atoms with Gasteiger partial charge < -0.3 is 10.4 Å². The summed E-state index contributed by atoms with van der Waals surface area (Å²) in [5.74, 6) is -1.18. The smallest absolute Gasteiger partial charge is 0.326 e. The van der Waals surface area contributed by atoms with E-state index >= 15 is 0 Å². The normalized spacial score (nSPS) is 11.8. The first kappa shape index (κ1) is 15.2. The zero-order chi connectivity index (χ0) is 14.1. The summed E-state index contributed by atoms with van der Waals surface area (Å²) in [6, 6.07) is 8.46. The highest BCUT2D eigenvalue weighted by molar-refractivity contribution is 5.83. The quantitative estimate of drug-likeness (QED) is 0.708. The maximum atomic E-state index is 11.6. The van der Waals surface area contributed by atoms with Gasteiger partial charge in [0.1, 0.15) is 6.04 Å². The van der Waals surface area contributed by atoms with Crippen molar-refractivity contribution in [1.29, 1.82) is 0 Å². The van der Waals surface area contributed by atoms with E-state index in [1.54, 1.807) is 0 Å². The molecule has 0 spiro atoms. The molecular formula is C15H21NO3. The van der Waals surface area contributed by atoms with Crippen LogP contribution in [0.3, 0.4) is 0 Å². The molecule has 1 unspecified atom stereocenters. The molecule has 4 nitrogen and oxygen atoms in total. The van der Waals surface area contributed by atoms with Crippen LogP contribution in [0.25, 0.3) is 0 Å². The molecular weight excluding hydrogens is 242 g/mol. The van der Waals surface area contributed by atoms with Crippen LogP contribution in [0.4, 0.5) is 0 Å². The number of benzene rings is 1. The topological polar surface area (TPSA) is 66.4 Å². The molecule has 0 fully saturated rings. The summed E-state index contributed by atoms with van der Waals surface area (Å²) in [7, 11) is 0. The Balaban J connectivity index is 2.49. The first-order valence-corrected chi connectivity index (χ1v) is 6.69. The fraction of sp³-hybridized carbons (Fsp3) is 0.467. The Labute approximate surface area is 113 Å². The van der Waals surface area contributed by atoms with Gasteiger partial charge in [0.2, 0.25) is 5.91 Å². The minimum Gasteiger partial charge on any atom is -0.480 e. The molecule has 0 heterocycles. The third kappa shape index (κ3) is 6.04. The van der Waals surface area contributed by atoms with E-state index in [-0.39, 0.29) is 5.91 Å². The van der Waals surface area contributed by atoms with Gasteiger partial charge in [-0.15, -0.1) is 0 Å². The van der Waals surface area contributed by atoms with Gasteiger partial charge in [0.25, 0.3) is 0 Å². The van der Waals surface area contributed by atoms with Gasteiger partial charge in [-0.2, -0.15) is 0 Å². The standard InChI is InChI=1S/C15H21NO3/c1-2-3-5-10-14(17)16-13(15(18)19)11-12-8-6-4-7-9-12/h4,6-9,13H,2-3,5,10-11H2,1H3,(H,16,17)(H,18,19). The van der Waals surface area contributed by atoms with Crippen molar-refractivity contribution in [3.05, 3.63) is 35.9 Å². The van der Waals surface area contributed by atoms with Crippen LogP contribution >= 0.6 is 0 Å². The van der Waals surface area contributed by atoms with Crippen LogP contribution in [0, 0.1) is 0 Å². The second kappa shape index (κ2) is 8.29. The summed E-state index contributed by atoms with van der Waals surface area (Å²) in [6.07, 6.45) is 3.55. The van der Waals surface area contributed by atoms with Gasteiger partial charge in [-0.05, 0) is 12.0 Å². The van der Waals surface area contributed by atoms with Crippen molar-refractivity contribution in [2.75, 3.05) is 0 Å². The average molecular weight is 263 g/mol. The number of carbonyl (C=O) groups excluding carboxylic acids is 1. The molecule has 104 valence electrons. The molecule has 0 aliphatic rings. The van der Waals surface area contributed by atoms with Crippen LogP contribution < -0.4 is 5.32 Å². The lowest BCUT2D eigenvalue weighted by molar-refractivity contribution is -0.141. The number of unbranched alkanes of at least 4 members (excludes halogenated alkanes) is 2. The van der Waals surface area contributed by atoms with E-state index in [0.717, 1.165) is 24.8 Å². The molecule has 19 heavy (non-hydrogen) atoms. The number of carboxylic acid groups (broad SMARTS) is 1. The van der Waals surface area contributed by atoms with Crippen LogP contribution in [0.1, 0.15) is 38.2 Å². The number of aliphatic carboxylic acids is 1. The Bertz CT molecular complexity index is 403. The molecule has 4 heteroatoms. The van der Waals surface area contributed by atoms with E-state index in [4.69, 9.17) is 5.11 Å². The third-order valence-corrected chi connectivity index (χ3v) is 2.92. The van der Waals surface area contributed by atoms with E-state index < -0.39 is 12.0 Å². The average Bonchev–Trinajstić information content (AvgIpc) is 2.39. The molecule has 1 aromatic carbocycles. The van der Waals surface area contributed by atoms with Gasteiger partial charge in [-0.3, -0.25) is 4.79 Å². The van der Waals surface area contributed by atoms with E-state index in [1.807, 2.05) is 30.3 Å². The van der Waals surface area contributed by atoms with Gasteiger partial charge >= 0.3 is 5.97 Å². The van der Waals surface area contributed by atoms with Crippen LogP contribution in [-0.4, -0.2) is 23.0 Å². The summed E-state index contributed by atoms with van der Waals surface area (Å²) < 4.78 is 0. The predicted molar refractivity (Wildman–Crippen MR) is 73.9 cm³/mol. The maximum Gasteiger partial charge on any atom is 0.326 e. The first-order valence-electron chi connectivity index (χ1n) is 6.69. The summed E-state index contributed by atoms with van der Waals surface area (Å²) in [5.41, 5.74) is 0.906. The summed E-state index contributed by atoms with van der Waals surface area (Å²) in [6.45, 7) is 2.06. The van der Waals surface area contributed by atoms with Crippen LogP contribution in [0.5, 0.6) is 0 Å². The molecule has 1 atom stereocenters. The van der Waals surface area contributed by atoms with E-state index in [2.05, 4.69) is 12.2 Å². The zero-order valence-corrected chi connectivity index (χ0v) is 11.3. The van der Waals surface area contributed by atoms with Crippen LogP contribution in [0.15, 0.2) is 30.3 Å². The fourth-order valence-corrected chi connectivity index (χ4v) is 1.85. The molecule has 2 N–H and O–H groups in total. The molecule has 0 aliphatic carbocycles. The fourth-order valence-electron chi connectivity index (χ4n) is 1.85. The van der Waals surface area contributed by atoms with Crippen molar-refractivity contribution in [3.8, 4) is 0 Å². The Hall–Kier alpha value is -1.84. The molecule has 0 aromatic heterocycles. The molecule has 0 saturated carbocycles. The molecule has 1 aromatic rings. The van der Waals surface area contributed by atoms with Crippen LogP contribution in [-0.2, 0) is 16.0 Å². The second-order valence-corrected chi connectivity index (χ2v) is 4.61. The molecule has 0 bridgehead atoms. The Morgan fingerprint density at radius 2 is 1.89 bits per heavy atom. The first-order chi connectivity index (χ1) is 9.13. The van der Waals surface area contributed by atoms with Crippen molar-refractivity contribution in [3.63, 3.8) is 0 Å². The summed E-state index contributed by atoms with van der Waals surface area (Å²) in [4.78, 5) is 22.8. The molecule has 0 aliphatic heterocycles. The van der Waals surface area contributed by atoms with Crippen molar-refractivity contribution >= 4 is 11.9 Å². The number of hydrogen-bond acceptors (Lipinski definition) is 2. The largest absolute Gasteiger partial charge is 0.480 e. The van der Waals surface area contributed by atoms with Gasteiger partial charge in [0.05, 0.1) is 0 Å². The van der Waals surface area contributed by atoms with Crippen molar-refractivity contribution < 1.29 is 14.7 Å². The minimum absolute atomic E-state index is 0.184. The Morgan fingerprint density at radius 3 is 2.47 bits per heavy atom. The van der Waals surface area contributed by atoms with Gasteiger partial charge in [-0.1, -0.05) is 50.1 Å². The zero-order valence-electron chi connectivity index (χ0n) is 11.3. The predicted octanol–water partition coefficient (Wildman–Crippen LogP) is 2.38. The highest BCUT2D eigenvalue weighted by Gasteiger charge is 2.19. The number of amides is 1. The number of carboxylic acids is 1. The van der Waals surface area contributed by atoms with Crippen molar-refractivity contribution in [2.45, 2.75) is 45.1 Å². The van der Waals surface area contributed by atoms with Crippen LogP contribution in [0.2, 0.25) is 0 Å². The second-order valence-electron chi connectivity index (χ2n) is 4.61.